The monoisotopic (exact) mass is 413 g/mol. The summed E-state index contributed by atoms with van der Waals surface area (Å²) in [6, 6.07) is 11.2. The van der Waals surface area contributed by atoms with E-state index in [4.69, 9.17) is 16.3 Å². The number of ether oxygens (including phenoxy) is 1. The van der Waals surface area contributed by atoms with Crippen molar-refractivity contribution in [3.63, 3.8) is 0 Å². The SMILES string of the molecule is Cc1cc(/C=N\NC(=O)COc2ccccc2Cl)c(C)n1-c1ccnn1C(C)C. The van der Waals surface area contributed by atoms with Crippen molar-refractivity contribution in [1.29, 1.82) is 0 Å². The highest BCUT2D eigenvalue weighted by Crippen LogP contribution is 2.23. The standard InChI is InChI=1S/C21H24ClN5O2/c1-14(2)27-21(9-10-24-27)26-15(3)11-17(16(26)4)12-23-25-20(28)13-29-19-8-6-5-7-18(19)22/h5-12,14H,13H2,1-4H3,(H,25,28)/b23-12-. The van der Waals surface area contributed by atoms with Gasteiger partial charge in [0.25, 0.3) is 5.91 Å². The van der Waals surface area contributed by atoms with Gasteiger partial charge in [0, 0.05) is 29.1 Å². The van der Waals surface area contributed by atoms with Crippen molar-refractivity contribution in [1.82, 2.24) is 19.8 Å². The van der Waals surface area contributed by atoms with Crippen LogP contribution in [0.4, 0.5) is 0 Å². The van der Waals surface area contributed by atoms with Crippen LogP contribution in [0, 0.1) is 13.8 Å². The van der Waals surface area contributed by atoms with E-state index in [9.17, 15) is 4.79 Å². The summed E-state index contributed by atoms with van der Waals surface area (Å²) >= 11 is 6.00. The number of halogens is 1. The average molecular weight is 414 g/mol. The van der Waals surface area contributed by atoms with E-state index in [0.717, 1.165) is 22.8 Å². The van der Waals surface area contributed by atoms with E-state index in [-0.39, 0.29) is 18.6 Å². The molecule has 3 rings (SSSR count). The quantitative estimate of drug-likeness (QED) is 0.469. The minimum absolute atomic E-state index is 0.173. The second-order valence-corrected chi connectivity index (χ2v) is 7.31. The zero-order chi connectivity index (χ0) is 21.0. The van der Waals surface area contributed by atoms with Crippen LogP contribution in [-0.4, -0.2) is 33.1 Å². The van der Waals surface area contributed by atoms with Crippen LogP contribution in [0.3, 0.4) is 0 Å². The lowest BCUT2D eigenvalue weighted by Crippen LogP contribution is -2.24. The fourth-order valence-electron chi connectivity index (χ4n) is 3.06. The van der Waals surface area contributed by atoms with Gasteiger partial charge in [0.05, 0.1) is 17.4 Å². The lowest BCUT2D eigenvalue weighted by Gasteiger charge is -2.14. The van der Waals surface area contributed by atoms with E-state index in [1.807, 2.05) is 30.7 Å². The molecule has 0 aliphatic heterocycles. The second-order valence-electron chi connectivity index (χ2n) is 6.90. The van der Waals surface area contributed by atoms with Gasteiger partial charge in [-0.2, -0.15) is 10.2 Å². The number of hydrazone groups is 1. The first kappa shape index (κ1) is 20.7. The van der Waals surface area contributed by atoms with E-state index in [1.54, 1.807) is 36.7 Å². The van der Waals surface area contributed by atoms with Crippen LogP contribution in [0.1, 0.15) is 36.8 Å². The fourth-order valence-corrected chi connectivity index (χ4v) is 3.25. The van der Waals surface area contributed by atoms with Gasteiger partial charge < -0.3 is 9.30 Å². The minimum Gasteiger partial charge on any atom is -0.482 e. The van der Waals surface area contributed by atoms with Crippen molar-refractivity contribution in [3.8, 4) is 11.6 Å². The topological polar surface area (TPSA) is 73.4 Å². The van der Waals surface area contributed by atoms with E-state index in [2.05, 4.69) is 34.0 Å². The first-order valence-electron chi connectivity index (χ1n) is 9.30. The molecule has 0 saturated heterocycles. The fraction of sp³-hybridized carbons (Fsp3) is 0.286. The number of hydrogen-bond donors (Lipinski definition) is 1. The molecule has 29 heavy (non-hydrogen) atoms. The smallest absolute Gasteiger partial charge is 0.277 e. The molecule has 0 spiro atoms. The van der Waals surface area contributed by atoms with Gasteiger partial charge in [0.1, 0.15) is 11.6 Å². The molecule has 0 unspecified atom stereocenters. The molecule has 3 aromatic rings. The Morgan fingerprint density at radius 2 is 2.07 bits per heavy atom. The molecule has 0 atom stereocenters. The summed E-state index contributed by atoms with van der Waals surface area (Å²) in [6.45, 7) is 8.04. The molecule has 8 heteroatoms. The van der Waals surface area contributed by atoms with Crippen molar-refractivity contribution in [2.45, 2.75) is 33.7 Å². The molecular weight excluding hydrogens is 390 g/mol. The number of benzene rings is 1. The third-order valence-corrected chi connectivity index (χ3v) is 4.74. The molecule has 152 valence electrons. The number of amides is 1. The van der Waals surface area contributed by atoms with Gasteiger partial charge in [-0.1, -0.05) is 23.7 Å². The number of aromatic nitrogens is 3. The first-order valence-corrected chi connectivity index (χ1v) is 9.68. The Morgan fingerprint density at radius 1 is 1.31 bits per heavy atom. The zero-order valence-corrected chi connectivity index (χ0v) is 17.6. The number of nitrogens with one attached hydrogen (secondary N) is 1. The Hall–Kier alpha value is -3.06. The lowest BCUT2D eigenvalue weighted by atomic mass is 10.3. The third kappa shape index (κ3) is 4.68. The second kappa shape index (κ2) is 8.96. The Balaban J connectivity index is 1.66. The van der Waals surface area contributed by atoms with Gasteiger partial charge in [-0.3, -0.25) is 4.79 Å². The predicted molar refractivity (Wildman–Crippen MR) is 114 cm³/mol. The number of aryl methyl sites for hydroxylation is 1. The molecule has 0 aliphatic carbocycles. The Kier molecular flexibility index (Phi) is 6.39. The molecule has 1 amide bonds. The number of carbonyl (C=O) groups excluding carboxylic acids is 1. The maximum Gasteiger partial charge on any atom is 0.277 e. The van der Waals surface area contributed by atoms with Gasteiger partial charge in [-0.25, -0.2) is 10.1 Å². The molecule has 7 nitrogen and oxygen atoms in total. The highest BCUT2D eigenvalue weighted by atomic mass is 35.5. The van der Waals surface area contributed by atoms with Crippen molar-refractivity contribution in [3.05, 3.63) is 64.6 Å². The highest BCUT2D eigenvalue weighted by Gasteiger charge is 2.14. The minimum atomic E-state index is -0.368. The molecule has 0 fully saturated rings. The van der Waals surface area contributed by atoms with Crippen molar-refractivity contribution >= 4 is 23.7 Å². The van der Waals surface area contributed by atoms with Crippen molar-refractivity contribution < 1.29 is 9.53 Å². The molecule has 2 aromatic heterocycles. The number of rotatable bonds is 7. The molecule has 1 aromatic carbocycles. The maximum atomic E-state index is 12.0. The van der Waals surface area contributed by atoms with Gasteiger partial charge in [0.15, 0.2) is 6.61 Å². The molecule has 0 saturated carbocycles. The summed E-state index contributed by atoms with van der Waals surface area (Å²) in [7, 11) is 0. The van der Waals surface area contributed by atoms with Gasteiger partial charge in [-0.15, -0.1) is 0 Å². The lowest BCUT2D eigenvalue weighted by molar-refractivity contribution is -0.123. The summed E-state index contributed by atoms with van der Waals surface area (Å²) < 4.78 is 9.49. The predicted octanol–water partition coefficient (Wildman–Crippen LogP) is 4.05. The van der Waals surface area contributed by atoms with Gasteiger partial charge in [0.2, 0.25) is 0 Å². The van der Waals surface area contributed by atoms with E-state index < -0.39 is 0 Å². The normalized spacial score (nSPS) is 11.4. The summed E-state index contributed by atoms with van der Waals surface area (Å²) in [4.78, 5) is 12.0. The molecular formula is C21H24ClN5O2. The van der Waals surface area contributed by atoms with Crippen LogP contribution in [0.25, 0.3) is 5.82 Å². The summed E-state index contributed by atoms with van der Waals surface area (Å²) in [5.74, 6) is 1.08. The Morgan fingerprint density at radius 3 is 2.79 bits per heavy atom. The largest absolute Gasteiger partial charge is 0.482 e. The van der Waals surface area contributed by atoms with E-state index in [0.29, 0.717) is 10.8 Å². The zero-order valence-electron chi connectivity index (χ0n) is 16.9. The first-order chi connectivity index (χ1) is 13.9. The molecule has 1 N–H and O–H groups in total. The molecule has 2 heterocycles. The van der Waals surface area contributed by atoms with Gasteiger partial charge >= 0.3 is 0 Å². The van der Waals surface area contributed by atoms with Crippen LogP contribution in [0.15, 0.2) is 47.7 Å². The Labute approximate surface area is 174 Å². The van der Waals surface area contributed by atoms with Crippen molar-refractivity contribution in [2.75, 3.05) is 6.61 Å². The van der Waals surface area contributed by atoms with E-state index >= 15 is 0 Å². The van der Waals surface area contributed by atoms with Gasteiger partial charge in [-0.05, 0) is 45.9 Å². The molecule has 0 bridgehead atoms. The van der Waals surface area contributed by atoms with E-state index in [1.165, 1.54) is 0 Å². The number of hydrogen-bond acceptors (Lipinski definition) is 4. The number of carbonyl (C=O) groups is 1. The van der Waals surface area contributed by atoms with Crippen LogP contribution >= 0.6 is 11.6 Å². The summed E-state index contributed by atoms with van der Waals surface area (Å²) in [5, 5.41) is 8.91. The number of para-hydroxylation sites is 1. The Bertz CT molecular complexity index is 1040. The highest BCUT2D eigenvalue weighted by molar-refractivity contribution is 6.32. The molecule has 0 radical (unpaired) electrons. The summed E-state index contributed by atoms with van der Waals surface area (Å²) in [5.41, 5.74) is 5.45. The van der Waals surface area contributed by atoms with Crippen molar-refractivity contribution in [2.24, 2.45) is 5.10 Å². The van der Waals surface area contributed by atoms with Crippen LogP contribution < -0.4 is 10.2 Å². The number of nitrogens with zero attached hydrogens (tertiary/aromatic N) is 4. The summed E-state index contributed by atoms with van der Waals surface area (Å²) in [6.07, 6.45) is 3.42. The third-order valence-electron chi connectivity index (χ3n) is 4.43. The van der Waals surface area contributed by atoms with Crippen LogP contribution in [0.5, 0.6) is 5.75 Å². The average Bonchev–Trinajstić information content (AvgIpc) is 3.25. The molecule has 0 aliphatic rings. The maximum absolute atomic E-state index is 12.0. The van der Waals surface area contributed by atoms with Crippen LogP contribution in [-0.2, 0) is 4.79 Å². The van der Waals surface area contributed by atoms with Crippen LogP contribution in [0.2, 0.25) is 5.02 Å².